The smallest absolute Gasteiger partial charge is 0.152 e. The van der Waals surface area contributed by atoms with E-state index >= 15 is 0 Å². The predicted molar refractivity (Wildman–Crippen MR) is 86.3 cm³/mol. The number of aliphatic imine (C=N–C) groups is 1. The van der Waals surface area contributed by atoms with Gasteiger partial charge in [-0.2, -0.15) is 0 Å². The summed E-state index contributed by atoms with van der Waals surface area (Å²) in [6.07, 6.45) is 9.20. The highest BCUT2D eigenvalue weighted by atomic mass is 19.2. The lowest BCUT2D eigenvalue weighted by Crippen LogP contribution is -2.41. The molecule has 4 unspecified atom stereocenters. The Morgan fingerprint density at radius 2 is 2.14 bits per heavy atom. The van der Waals surface area contributed by atoms with Crippen LogP contribution in [-0.2, 0) is 0 Å². The van der Waals surface area contributed by atoms with Crippen LogP contribution < -0.4 is 5.32 Å². The average Bonchev–Trinajstić information content (AvgIpc) is 2.49. The molecule has 1 aliphatic heterocycles. The van der Waals surface area contributed by atoms with E-state index in [2.05, 4.69) is 36.3 Å². The van der Waals surface area contributed by atoms with E-state index in [0.29, 0.717) is 18.4 Å². The van der Waals surface area contributed by atoms with E-state index in [4.69, 9.17) is 0 Å². The molecule has 22 heavy (non-hydrogen) atoms. The zero-order valence-corrected chi connectivity index (χ0v) is 13.2. The molecule has 3 aliphatic rings. The van der Waals surface area contributed by atoms with Crippen molar-refractivity contribution >= 4 is 6.21 Å². The van der Waals surface area contributed by atoms with Gasteiger partial charge in [0.15, 0.2) is 6.17 Å². The number of rotatable bonds is 5. The third-order valence-electron chi connectivity index (χ3n) is 5.02. The van der Waals surface area contributed by atoms with Crippen molar-refractivity contribution in [1.29, 1.82) is 0 Å². The third-order valence-corrected chi connectivity index (χ3v) is 5.02. The van der Waals surface area contributed by atoms with Crippen LogP contribution in [-0.4, -0.2) is 24.5 Å². The van der Waals surface area contributed by atoms with E-state index in [9.17, 15) is 8.78 Å². The summed E-state index contributed by atoms with van der Waals surface area (Å²) < 4.78 is 26.9. The van der Waals surface area contributed by atoms with Crippen LogP contribution in [0.3, 0.4) is 0 Å². The summed E-state index contributed by atoms with van der Waals surface area (Å²) >= 11 is 0. The quantitative estimate of drug-likeness (QED) is 0.806. The first-order valence-electron chi connectivity index (χ1n) is 8.35. The Balaban J connectivity index is 1.78. The van der Waals surface area contributed by atoms with Crippen LogP contribution in [0.25, 0.3) is 0 Å². The van der Waals surface area contributed by atoms with Crippen LogP contribution in [0.15, 0.2) is 40.3 Å². The van der Waals surface area contributed by atoms with Crippen LogP contribution in [0.4, 0.5) is 8.78 Å². The van der Waals surface area contributed by atoms with Crippen molar-refractivity contribution in [2.75, 3.05) is 0 Å². The number of fused-ring (bicyclic) bond motifs is 1. The zero-order chi connectivity index (χ0) is 15.7. The number of halogens is 2. The fraction of sp³-hybridized carbons (Fsp3) is 0.611. The number of hydrogen-bond donors (Lipinski definition) is 1. The lowest BCUT2D eigenvalue weighted by Gasteiger charge is -2.36. The molecule has 2 aliphatic carbocycles. The minimum absolute atomic E-state index is 0.0722. The van der Waals surface area contributed by atoms with Crippen molar-refractivity contribution in [3.63, 3.8) is 0 Å². The normalized spacial score (nSPS) is 33.6. The van der Waals surface area contributed by atoms with Gasteiger partial charge in [-0.25, -0.2) is 8.78 Å². The summed E-state index contributed by atoms with van der Waals surface area (Å²) in [6.45, 7) is 4.34. The van der Waals surface area contributed by atoms with E-state index in [1.54, 1.807) is 0 Å². The fourth-order valence-corrected chi connectivity index (χ4v) is 3.45. The largest absolute Gasteiger partial charge is 0.384 e. The van der Waals surface area contributed by atoms with Crippen molar-refractivity contribution in [2.24, 2.45) is 16.8 Å². The summed E-state index contributed by atoms with van der Waals surface area (Å²) in [5.41, 5.74) is 2.27. The van der Waals surface area contributed by atoms with Gasteiger partial charge in [-0.1, -0.05) is 19.9 Å². The van der Waals surface area contributed by atoms with Gasteiger partial charge in [-0.3, -0.25) is 4.99 Å². The van der Waals surface area contributed by atoms with Crippen LogP contribution >= 0.6 is 0 Å². The molecule has 4 atom stereocenters. The van der Waals surface area contributed by atoms with Crippen LogP contribution in [0.5, 0.6) is 0 Å². The minimum atomic E-state index is -1.45. The monoisotopic (exact) mass is 306 g/mol. The lowest BCUT2D eigenvalue weighted by molar-refractivity contribution is 0.263. The number of allylic oxidation sites excluding steroid dienone is 4. The molecule has 4 heteroatoms. The Kier molecular flexibility index (Phi) is 4.46. The second-order valence-corrected chi connectivity index (χ2v) is 6.47. The number of alkyl halides is 1. The highest BCUT2D eigenvalue weighted by Crippen LogP contribution is 2.38. The van der Waals surface area contributed by atoms with Gasteiger partial charge in [0.2, 0.25) is 0 Å². The van der Waals surface area contributed by atoms with E-state index in [-0.39, 0.29) is 18.4 Å². The van der Waals surface area contributed by atoms with Gasteiger partial charge < -0.3 is 5.32 Å². The summed E-state index contributed by atoms with van der Waals surface area (Å²) in [5.74, 6) is -0.219. The van der Waals surface area contributed by atoms with Gasteiger partial charge >= 0.3 is 0 Å². The molecule has 0 spiro atoms. The second kappa shape index (κ2) is 6.35. The zero-order valence-electron chi connectivity index (χ0n) is 13.2. The van der Waals surface area contributed by atoms with Crippen molar-refractivity contribution in [3.8, 4) is 0 Å². The fourth-order valence-electron chi connectivity index (χ4n) is 3.45. The molecule has 0 saturated heterocycles. The Morgan fingerprint density at radius 3 is 2.73 bits per heavy atom. The van der Waals surface area contributed by atoms with Gasteiger partial charge in [0, 0.05) is 23.9 Å². The van der Waals surface area contributed by atoms with E-state index in [1.807, 2.05) is 6.21 Å². The molecule has 0 radical (unpaired) electrons. The molecular weight excluding hydrogens is 282 g/mol. The number of hydrogen-bond acceptors (Lipinski definition) is 2. The molecule has 0 amide bonds. The maximum Gasteiger partial charge on any atom is 0.152 e. The third kappa shape index (κ3) is 2.88. The van der Waals surface area contributed by atoms with E-state index in [0.717, 1.165) is 24.1 Å². The standard InChI is InChI=1S/C18H24F2N2/c1-3-14(4-2)22-17-9-12(7-13-10-21-18(13)17)11-5-6-15(19)16(20)8-11/h6-7,9-11,13-14,16,18,22H,3-5,8H2,1-2H3. The van der Waals surface area contributed by atoms with Crippen molar-refractivity contribution < 1.29 is 8.78 Å². The highest BCUT2D eigenvalue weighted by molar-refractivity contribution is 5.74. The number of nitrogens with one attached hydrogen (secondary N) is 1. The molecule has 1 heterocycles. The summed E-state index contributed by atoms with van der Waals surface area (Å²) in [4.78, 5) is 4.45. The molecule has 0 bridgehead atoms. The number of nitrogens with zero attached hydrogens (tertiary/aromatic N) is 1. The molecule has 1 N–H and O–H groups in total. The molecule has 0 aromatic heterocycles. The van der Waals surface area contributed by atoms with E-state index in [1.165, 1.54) is 6.08 Å². The predicted octanol–water partition coefficient (Wildman–Crippen LogP) is 4.26. The molecule has 2 nitrogen and oxygen atoms in total. The molecule has 3 rings (SSSR count). The van der Waals surface area contributed by atoms with Crippen molar-refractivity contribution in [2.45, 2.75) is 57.8 Å². The first-order valence-corrected chi connectivity index (χ1v) is 8.35. The SMILES string of the molecule is CCC(CC)NC1=CC(C2CC=C(F)C(F)C2)=CC2C=NC12. The Bertz CT molecular complexity index is 543. The Morgan fingerprint density at radius 1 is 1.36 bits per heavy atom. The van der Waals surface area contributed by atoms with Crippen molar-refractivity contribution in [3.05, 3.63) is 35.3 Å². The Labute approximate surface area is 131 Å². The molecular formula is C18H24F2N2. The average molecular weight is 306 g/mol. The maximum atomic E-state index is 13.7. The van der Waals surface area contributed by atoms with Crippen LogP contribution in [0, 0.1) is 11.8 Å². The first kappa shape index (κ1) is 15.4. The topological polar surface area (TPSA) is 24.4 Å². The van der Waals surface area contributed by atoms with Crippen molar-refractivity contribution in [1.82, 2.24) is 5.32 Å². The molecule has 0 saturated carbocycles. The minimum Gasteiger partial charge on any atom is -0.384 e. The second-order valence-electron chi connectivity index (χ2n) is 6.47. The van der Waals surface area contributed by atoms with Gasteiger partial charge in [0.25, 0.3) is 0 Å². The van der Waals surface area contributed by atoms with Gasteiger partial charge in [0.1, 0.15) is 11.9 Å². The highest BCUT2D eigenvalue weighted by Gasteiger charge is 2.35. The summed E-state index contributed by atoms with van der Waals surface area (Å²) in [6, 6.07) is 0.640. The Hall–Kier alpha value is -1.45. The molecule has 120 valence electrons. The first-order chi connectivity index (χ1) is 10.6. The summed E-state index contributed by atoms with van der Waals surface area (Å²) in [5, 5.41) is 3.60. The molecule has 0 fully saturated rings. The van der Waals surface area contributed by atoms with Crippen LogP contribution in [0.1, 0.15) is 39.5 Å². The summed E-state index contributed by atoms with van der Waals surface area (Å²) in [7, 11) is 0. The molecule has 0 aromatic carbocycles. The van der Waals surface area contributed by atoms with Gasteiger partial charge in [-0.05, 0) is 49.3 Å². The van der Waals surface area contributed by atoms with Gasteiger partial charge in [0.05, 0.1) is 0 Å². The maximum absolute atomic E-state index is 13.7. The lowest BCUT2D eigenvalue weighted by atomic mass is 9.78. The van der Waals surface area contributed by atoms with Gasteiger partial charge in [-0.15, -0.1) is 0 Å². The molecule has 0 aromatic rings. The van der Waals surface area contributed by atoms with E-state index < -0.39 is 12.0 Å². The van der Waals surface area contributed by atoms with Crippen LogP contribution in [0.2, 0.25) is 0 Å².